The fourth-order valence-electron chi connectivity index (χ4n) is 1.47. The molecule has 1 unspecified atom stereocenters. The zero-order chi connectivity index (χ0) is 12.1. The molecule has 0 aliphatic heterocycles. The summed E-state index contributed by atoms with van der Waals surface area (Å²) in [6.45, 7) is 2.05. The number of hydrogen-bond acceptors (Lipinski definition) is 6. The van der Waals surface area contributed by atoms with Crippen LogP contribution < -0.4 is 16.6 Å². The van der Waals surface area contributed by atoms with Gasteiger partial charge in [-0.1, -0.05) is 0 Å². The summed E-state index contributed by atoms with van der Waals surface area (Å²) in [5, 5.41) is 3.26. The number of anilines is 2. The van der Waals surface area contributed by atoms with Crippen LogP contribution in [0.4, 0.5) is 11.6 Å². The van der Waals surface area contributed by atoms with E-state index in [0.29, 0.717) is 5.82 Å². The number of pyridine rings is 1. The summed E-state index contributed by atoms with van der Waals surface area (Å²) in [7, 11) is 0. The number of nitrogens with one attached hydrogen (secondary N) is 2. The van der Waals surface area contributed by atoms with Gasteiger partial charge in [0.2, 0.25) is 0 Å². The molecule has 2 aromatic heterocycles. The molecule has 6 nitrogen and oxygen atoms in total. The first-order valence-electron chi connectivity index (χ1n) is 5.24. The van der Waals surface area contributed by atoms with E-state index >= 15 is 0 Å². The van der Waals surface area contributed by atoms with Gasteiger partial charge < -0.3 is 10.7 Å². The van der Waals surface area contributed by atoms with Crippen LogP contribution in [-0.4, -0.2) is 15.0 Å². The monoisotopic (exact) mass is 230 g/mol. The van der Waals surface area contributed by atoms with E-state index in [-0.39, 0.29) is 6.04 Å². The van der Waals surface area contributed by atoms with E-state index in [1.54, 1.807) is 18.5 Å². The molecule has 2 rings (SSSR count). The normalized spacial score (nSPS) is 11.9. The van der Waals surface area contributed by atoms with Crippen molar-refractivity contribution in [2.24, 2.45) is 5.84 Å². The van der Waals surface area contributed by atoms with E-state index in [4.69, 9.17) is 5.84 Å². The summed E-state index contributed by atoms with van der Waals surface area (Å²) in [6.07, 6.45) is 4.98. The second-order valence-electron chi connectivity index (χ2n) is 3.58. The molecule has 0 radical (unpaired) electrons. The molecule has 0 saturated carbocycles. The number of hydrogen-bond donors (Lipinski definition) is 3. The molecule has 6 heteroatoms. The fourth-order valence-corrected chi connectivity index (χ4v) is 1.47. The van der Waals surface area contributed by atoms with Gasteiger partial charge in [-0.3, -0.25) is 4.98 Å². The maximum Gasteiger partial charge on any atom is 0.145 e. The number of aromatic nitrogens is 3. The van der Waals surface area contributed by atoms with E-state index in [0.717, 1.165) is 11.4 Å². The third-order valence-electron chi connectivity index (χ3n) is 2.39. The lowest BCUT2D eigenvalue weighted by Crippen LogP contribution is -2.11. The third-order valence-corrected chi connectivity index (χ3v) is 2.39. The maximum atomic E-state index is 5.28. The van der Waals surface area contributed by atoms with Gasteiger partial charge in [0.25, 0.3) is 0 Å². The van der Waals surface area contributed by atoms with Crippen molar-refractivity contribution in [3.05, 3.63) is 42.5 Å². The second kappa shape index (κ2) is 5.22. The van der Waals surface area contributed by atoms with Crippen LogP contribution in [0.1, 0.15) is 18.5 Å². The Balaban J connectivity index is 2.10. The Labute approximate surface area is 99.3 Å². The van der Waals surface area contributed by atoms with E-state index < -0.39 is 0 Å². The standard InChI is InChI=1S/C11H14N6/c1-8(9-2-4-13-5-3-9)16-10-6-11(17-12)15-7-14-10/h2-8H,12H2,1H3,(H2,14,15,16,17). The van der Waals surface area contributed by atoms with Gasteiger partial charge in [-0.25, -0.2) is 15.8 Å². The first-order chi connectivity index (χ1) is 8.29. The van der Waals surface area contributed by atoms with Crippen LogP contribution >= 0.6 is 0 Å². The van der Waals surface area contributed by atoms with E-state index in [9.17, 15) is 0 Å². The summed E-state index contributed by atoms with van der Waals surface area (Å²) >= 11 is 0. The van der Waals surface area contributed by atoms with E-state index in [1.807, 2.05) is 19.1 Å². The van der Waals surface area contributed by atoms with Crippen LogP contribution in [0.25, 0.3) is 0 Å². The Hall–Kier alpha value is -2.21. The van der Waals surface area contributed by atoms with Gasteiger partial charge in [0, 0.05) is 18.5 Å². The van der Waals surface area contributed by atoms with Crippen molar-refractivity contribution < 1.29 is 0 Å². The number of rotatable bonds is 4. The lowest BCUT2D eigenvalue weighted by molar-refractivity contribution is 0.868. The van der Waals surface area contributed by atoms with Gasteiger partial charge >= 0.3 is 0 Å². The molecule has 0 spiro atoms. The predicted molar refractivity (Wildman–Crippen MR) is 66.1 cm³/mol. The molecule has 0 saturated heterocycles. The molecule has 0 amide bonds. The van der Waals surface area contributed by atoms with Crippen LogP contribution in [0.5, 0.6) is 0 Å². The Kier molecular flexibility index (Phi) is 3.46. The Bertz CT molecular complexity index is 472. The summed E-state index contributed by atoms with van der Waals surface area (Å²) < 4.78 is 0. The Morgan fingerprint density at radius 2 is 1.88 bits per heavy atom. The molecular weight excluding hydrogens is 216 g/mol. The van der Waals surface area contributed by atoms with Gasteiger partial charge in [0.15, 0.2) is 0 Å². The van der Waals surface area contributed by atoms with Gasteiger partial charge in [0.1, 0.15) is 18.0 Å². The number of nitrogen functional groups attached to an aromatic ring is 1. The molecule has 2 aromatic rings. The van der Waals surface area contributed by atoms with Gasteiger partial charge in [0.05, 0.1) is 6.04 Å². The number of nitrogens with two attached hydrogens (primary N) is 1. The van der Waals surface area contributed by atoms with Crippen molar-refractivity contribution in [3.63, 3.8) is 0 Å². The van der Waals surface area contributed by atoms with Gasteiger partial charge in [-0.15, -0.1) is 0 Å². The van der Waals surface area contributed by atoms with Gasteiger partial charge in [-0.05, 0) is 24.6 Å². The molecule has 0 aliphatic carbocycles. The molecule has 0 bridgehead atoms. The highest BCUT2D eigenvalue weighted by atomic mass is 15.3. The Morgan fingerprint density at radius 3 is 2.59 bits per heavy atom. The van der Waals surface area contributed by atoms with Gasteiger partial charge in [-0.2, -0.15) is 0 Å². The first-order valence-corrected chi connectivity index (χ1v) is 5.24. The van der Waals surface area contributed by atoms with E-state index in [2.05, 4.69) is 25.7 Å². The largest absolute Gasteiger partial charge is 0.363 e. The van der Waals surface area contributed by atoms with Crippen LogP contribution in [0, 0.1) is 0 Å². The maximum absolute atomic E-state index is 5.28. The molecule has 0 fully saturated rings. The quantitative estimate of drug-likeness (QED) is 0.542. The topological polar surface area (TPSA) is 88.8 Å². The van der Waals surface area contributed by atoms with Crippen LogP contribution in [-0.2, 0) is 0 Å². The predicted octanol–water partition coefficient (Wildman–Crippen LogP) is 1.33. The fraction of sp³-hybridized carbons (Fsp3) is 0.182. The number of hydrazine groups is 1. The van der Waals surface area contributed by atoms with Crippen molar-refractivity contribution in [2.45, 2.75) is 13.0 Å². The van der Waals surface area contributed by atoms with Crippen molar-refractivity contribution in [2.75, 3.05) is 10.7 Å². The van der Waals surface area contributed by atoms with Crippen LogP contribution in [0.3, 0.4) is 0 Å². The molecule has 1 atom stereocenters. The smallest absolute Gasteiger partial charge is 0.145 e. The third kappa shape index (κ3) is 2.88. The highest BCUT2D eigenvalue weighted by molar-refractivity contribution is 5.46. The lowest BCUT2D eigenvalue weighted by atomic mass is 10.1. The average Bonchev–Trinajstić information content (AvgIpc) is 2.40. The first kappa shape index (κ1) is 11.3. The zero-order valence-electron chi connectivity index (χ0n) is 9.46. The van der Waals surface area contributed by atoms with Crippen molar-refractivity contribution in [1.29, 1.82) is 0 Å². The van der Waals surface area contributed by atoms with Crippen LogP contribution in [0.2, 0.25) is 0 Å². The van der Waals surface area contributed by atoms with Crippen molar-refractivity contribution >= 4 is 11.6 Å². The number of nitrogens with zero attached hydrogens (tertiary/aromatic N) is 3. The van der Waals surface area contributed by atoms with Crippen molar-refractivity contribution in [1.82, 2.24) is 15.0 Å². The zero-order valence-corrected chi connectivity index (χ0v) is 9.46. The van der Waals surface area contributed by atoms with Crippen LogP contribution in [0.15, 0.2) is 36.9 Å². The molecule has 2 heterocycles. The molecule has 4 N–H and O–H groups in total. The molecule has 88 valence electrons. The molecular formula is C11H14N6. The summed E-state index contributed by atoms with van der Waals surface area (Å²) in [5.74, 6) is 6.58. The highest BCUT2D eigenvalue weighted by Crippen LogP contribution is 2.17. The molecule has 0 aliphatic rings. The SMILES string of the molecule is CC(Nc1cc(NN)ncn1)c1ccncc1. The minimum Gasteiger partial charge on any atom is -0.363 e. The molecule has 0 aromatic carbocycles. The summed E-state index contributed by atoms with van der Waals surface area (Å²) in [6, 6.07) is 5.80. The Morgan fingerprint density at radius 1 is 1.18 bits per heavy atom. The summed E-state index contributed by atoms with van der Waals surface area (Å²) in [4.78, 5) is 12.0. The average molecular weight is 230 g/mol. The minimum absolute atomic E-state index is 0.138. The summed E-state index contributed by atoms with van der Waals surface area (Å²) in [5.41, 5.74) is 3.62. The second-order valence-corrected chi connectivity index (χ2v) is 3.58. The highest BCUT2D eigenvalue weighted by Gasteiger charge is 2.05. The van der Waals surface area contributed by atoms with Crippen molar-refractivity contribution in [3.8, 4) is 0 Å². The molecule has 17 heavy (non-hydrogen) atoms. The minimum atomic E-state index is 0.138. The lowest BCUT2D eigenvalue weighted by Gasteiger charge is -2.14. The van der Waals surface area contributed by atoms with E-state index in [1.165, 1.54) is 6.33 Å².